The van der Waals surface area contributed by atoms with Gasteiger partial charge >= 0.3 is 0 Å². The summed E-state index contributed by atoms with van der Waals surface area (Å²) in [6.07, 6.45) is 7.45. The summed E-state index contributed by atoms with van der Waals surface area (Å²) in [6, 6.07) is 0. The first-order valence-corrected chi connectivity index (χ1v) is 3.89. The van der Waals surface area contributed by atoms with E-state index in [9.17, 15) is 4.79 Å². The Hall–Kier alpha value is -0.560. The van der Waals surface area contributed by atoms with Gasteiger partial charge in [-0.3, -0.25) is 4.79 Å². The molecule has 0 aromatic heterocycles. The minimum absolute atomic E-state index is 0.311. The van der Waals surface area contributed by atoms with Crippen molar-refractivity contribution < 1.29 is 4.79 Å². The standard InChI is InChI=1S/C9H10ClO/c1-7-4-3-5-8(6-11)9(7,2)10/h3-5,8H,1-2H3. The van der Waals surface area contributed by atoms with Crippen molar-refractivity contribution in [2.75, 3.05) is 0 Å². The van der Waals surface area contributed by atoms with Crippen LogP contribution in [-0.4, -0.2) is 11.2 Å². The Kier molecular flexibility index (Phi) is 2.19. The monoisotopic (exact) mass is 169 g/mol. The number of hydrogen-bond acceptors (Lipinski definition) is 1. The first kappa shape index (κ1) is 8.54. The van der Waals surface area contributed by atoms with Gasteiger partial charge in [0, 0.05) is 0 Å². The molecule has 59 valence electrons. The third kappa shape index (κ3) is 1.38. The average molecular weight is 170 g/mol. The van der Waals surface area contributed by atoms with Crippen molar-refractivity contribution in [2.24, 2.45) is 5.92 Å². The minimum atomic E-state index is -0.573. The van der Waals surface area contributed by atoms with Crippen LogP contribution < -0.4 is 0 Å². The summed E-state index contributed by atoms with van der Waals surface area (Å²) in [5.74, 6) is -0.311. The molecule has 0 spiro atoms. The molecule has 0 N–H and O–H groups in total. The van der Waals surface area contributed by atoms with E-state index in [-0.39, 0.29) is 5.92 Å². The van der Waals surface area contributed by atoms with Crippen molar-refractivity contribution in [2.45, 2.75) is 18.7 Å². The maximum atomic E-state index is 10.4. The molecule has 0 aliphatic heterocycles. The highest BCUT2D eigenvalue weighted by molar-refractivity contribution is 6.27. The largest absolute Gasteiger partial charge is 0.290 e. The predicted octanol–water partition coefficient (Wildman–Crippen LogP) is 2.23. The van der Waals surface area contributed by atoms with Gasteiger partial charge in [-0.1, -0.05) is 23.8 Å². The van der Waals surface area contributed by atoms with Crippen LogP contribution in [-0.2, 0) is 4.79 Å². The molecule has 2 heteroatoms. The van der Waals surface area contributed by atoms with E-state index in [1.165, 1.54) is 0 Å². The molecular weight excluding hydrogens is 160 g/mol. The summed E-state index contributed by atoms with van der Waals surface area (Å²) < 4.78 is 0. The molecule has 1 aliphatic carbocycles. The topological polar surface area (TPSA) is 17.1 Å². The highest BCUT2D eigenvalue weighted by Crippen LogP contribution is 2.35. The van der Waals surface area contributed by atoms with Crippen LogP contribution in [0.15, 0.2) is 23.8 Å². The van der Waals surface area contributed by atoms with E-state index in [0.29, 0.717) is 0 Å². The maximum absolute atomic E-state index is 10.4. The molecule has 11 heavy (non-hydrogen) atoms. The first-order chi connectivity index (χ1) is 5.09. The van der Waals surface area contributed by atoms with Crippen LogP contribution in [0.4, 0.5) is 0 Å². The second-order valence-electron chi connectivity index (χ2n) is 2.91. The van der Waals surface area contributed by atoms with Crippen molar-refractivity contribution >= 4 is 17.9 Å². The first-order valence-electron chi connectivity index (χ1n) is 3.51. The molecule has 0 bridgehead atoms. The normalized spacial score (nSPS) is 36.6. The zero-order valence-electron chi connectivity index (χ0n) is 6.60. The second-order valence-corrected chi connectivity index (χ2v) is 3.69. The molecule has 1 rings (SSSR count). The smallest absolute Gasteiger partial charge is 0.208 e. The van der Waals surface area contributed by atoms with Gasteiger partial charge in [0.2, 0.25) is 6.29 Å². The van der Waals surface area contributed by atoms with Gasteiger partial charge < -0.3 is 0 Å². The molecule has 1 radical (unpaired) electrons. The number of carbonyl (C=O) groups excluding carboxylic acids is 1. The molecule has 0 aromatic carbocycles. The van der Waals surface area contributed by atoms with Crippen LogP contribution in [0.1, 0.15) is 13.8 Å². The zero-order valence-corrected chi connectivity index (χ0v) is 7.35. The Bertz CT molecular complexity index is 226. The molecule has 1 aliphatic rings. The van der Waals surface area contributed by atoms with E-state index in [4.69, 9.17) is 11.6 Å². The fourth-order valence-electron chi connectivity index (χ4n) is 1.05. The van der Waals surface area contributed by atoms with Crippen LogP contribution in [0.3, 0.4) is 0 Å². The van der Waals surface area contributed by atoms with Crippen LogP contribution in [0.2, 0.25) is 0 Å². The van der Waals surface area contributed by atoms with Crippen LogP contribution in [0.5, 0.6) is 0 Å². The van der Waals surface area contributed by atoms with Crippen LogP contribution in [0.25, 0.3) is 0 Å². The third-order valence-corrected chi connectivity index (χ3v) is 2.67. The fraction of sp³-hybridized carbons (Fsp3) is 0.444. The Morgan fingerprint density at radius 2 is 2.36 bits per heavy atom. The van der Waals surface area contributed by atoms with Gasteiger partial charge in [0.15, 0.2) is 0 Å². The lowest BCUT2D eigenvalue weighted by Crippen LogP contribution is -2.31. The molecule has 0 saturated heterocycles. The second kappa shape index (κ2) is 2.82. The van der Waals surface area contributed by atoms with E-state index in [2.05, 4.69) is 0 Å². The predicted molar refractivity (Wildman–Crippen MR) is 46.3 cm³/mol. The average Bonchev–Trinajstić information content (AvgIpc) is 1.95. The van der Waals surface area contributed by atoms with Crippen molar-refractivity contribution in [3.63, 3.8) is 0 Å². The van der Waals surface area contributed by atoms with Crippen molar-refractivity contribution in [3.8, 4) is 0 Å². The number of allylic oxidation sites excluding steroid dienone is 4. The number of alkyl halides is 1. The van der Waals surface area contributed by atoms with E-state index in [1.807, 2.05) is 32.3 Å². The van der Waals surface area contributed by atoms with Gasteiger partial charge in [-0.2, -0.15) is 0 Å². The van der Waals surface area contributed by atoms with Crippen molar-refractivity contribution in [1.29, 1.82) is 0 Å². The van der Waals surface area contributed by atoms with E-state index < -0.39 is 4.87 Å². The Balaban J connectivity index is 2.97. The summed E-state index contributed by atoms with van der Waals surface area (Å²) in [5, 5.41) is 0. The third-order valence-electron chi connectivity index (χ3n) is 2.13. The SMILES string of the molecule is CC1=CC=CC([C]=O)C1(C)Cl. The summed E-state index contributed by atoms with van der Waals surface area (Å²) in [7, 11) is 0. The Labute approximate surface area is 71.7 Å². The Morgan fingerprint density at radius 1 is 1.73 bits per heavy atom. The lowest BCUT2D eigenvalue weighted by atomic mass is 9.84. The van der Waals surface area contributed by atoms with Crippen LogP contribution in [0, 0.1) is 5.92 Å². The van der Waals surface area contributed by atoms with Crippen molar-refractivity contribution in [3.05, 3.63) is 23.8 Å². The maximum Gasteiger partial charge on any atom is 0.208 e. The molecule has 0 aromatic rings. The van der Waals surface area contributed by atoms with Gasteiger partial charge in [0.05, 0.1) is 10.8 Å². The van der Waals surface area contributed by atoms with Gasteiger partial charge in [0.25, 0.3) is 0 Å². The number of hydrogen-bond donors (Lipinski definition) is 0. The number of rotatable bonds is 1. The van der Waals surface area contributed by atoms with E-state index in [1.54, 1.807) is 6.08 Å². The quantitative estimate of drug-likeness (QED) is 0.551. The molecule has 0 fully saturated rings. The van der Waals surface area contributed by atoms with Gasteiger partial charge in [-0.05, 0) is 13.8 Å². The number of halogens is 1. The molecule has 0 amide bonds. The molecule has 1 nitrogen and oxygen atoms in total. The van der Waals surface area contributed by atoms with Gasteiger partial charge in [0.1, 0.15) is 0 Å². The highest BCUT2D eigenvalue weighted by atomic mass is 35.5. The minimum Gasteiger partial charge on any atom is -0.290 e. The summed E-state index contributed by atoms with van der Waals surface area (Å²) in [4.78, 5) is 9.86. The molecular formula is C9H10ClO. The zero-order chi connectivity index (χ0) is 8.48. The lowest BCUT2D eigenvalue weighted by Gasteiger charge is -2.28. The molecule has 0 heterocycles. The summed E-state index contributed by atoms with van der Waals surface area (Å²) in [6.45, 7) is 3.75. The van der Waals surface area contributed by atoms with E-state index in [0.717, 1.165) is 5.57 Å². The van der Waals surface area contributed by atoms with Gasteiger partial charge in [-0.25, -0.2) is 0 Å². The summed E-state index contributed by atoms with van der Waals surface area (Å²) >= 11 is 6.11. The summed E-state index contributed by atoms with van der Waals surface area (Å²) in [5.41, 5.74) is 1.01. The van der Waals surface area contributed by atoms with Crippen molar-refractivity contribution in [1.82, 2.24) is 0 Å². The molecule has 2 atom stereocenters. The Morgan fingerprint density at radius 3 is 2.82 bits per heavy atom. The molecule has 0 saturated carbocycles. The molecule has 2 unspecified atom stereocenters. The van der Waals surface area contributed by atoms with Gasteiger partial charge in [-0.15, -0.1) is 11.6 Å². The van der Waals surface area contributed by atoms with Crippen LogP contribution >= 0.6 is 11.6 Å². The fourth-order valence-corrected chi connectivity index (χ4v) is 1.23. The van der Waals surface area contributed by atoms with E-state index >= 15 is 0 Å². The highest BCUT2D eigenvalue weighted by Gasteiger charge is 2.33. The lowest BCUT2D eigenvalue weighted by molar-refractivity contribution is 0.515.